The second kappa shape index (κ2) is 9.03. The van der Waals surface area contributed by atoms with Crippen LogP contribution in [0.15, 0.2) is 42.7 Å². The topological polar surface area (TPSA) is 128 Å². The number of carbonyl (C=O) groups is 2. The van der Waals surface area contributed by atoms with Crippen LogP contribution in [0.3, 0.4) is 0 Å². The zero-order chi connectivity index (χ0) is 22.5. The van der Waals surface area contributed by atoms with Crippen molar-refractivity contribution < 1.29 is 27.8 Å². The highest BCUT2D eigenvalue weighted by Crippen LogP contribution is 2.30. The number of aromatic nitrogens is 2. The van der Waals surface area contributed by atoms with Crippen molar-refractivity contribution >= 4 is 40.6 Å². The standard InChI is InChI=1S/C20H17F2N5O4/c1-30-19(28)10-5-11(20(29)31-2)7-13(6-10)26-17-16(23)18(25-9-24-17)27-15-8-12(21)3-4-14(15)22/h3-9H,23H2,1-2H3,(H2,24,25,26,27). The number of nitrogens with zero attached hydrogens (tertiary/aromatic N) is 2. The number of methoxy groups -OCH3 is 2. The molecule has 0 aliphatic carbocycles. The Hall–Kier alpha value is -4.28. The average molecular weight is 429 g/mol. The molecule has 2 aromatic carbocycles. The second-order valence-electron chi connectivity index (χ2n) is 6.14. The lowest BCUT2D eigenvalue weighted by Crippen LogP contribution is -2.09. The Balaban J connectivity index is 1.96. The fraction of sp³-hybridized carbons (Fsp3) is 0.100. The van der Waals surface area contributed by atoms with Crippen LogP contribution in [0.2, 0.25) is 0 Å². The van der Waals surface area contributed by atoms with E-state index < -0.39 is 23.6 Å². The number of ether oxygens (including phenoxy) is 2. The van der Waals surface area contributed by atoms with E-state index in [-0.39, 0.29) is 39.8 Å². The highest BCUT2D eigenvalue weighted by atomic mass is 19.1. The van der Waals surface area contributed by atoms with Gasteiger partial charge in [-0.25, -0.2) is 28.3 Å². The van der Waals surface area contributed by atoms with Crippen LogP contribution in [0.4, 0.5) is 37.5 Å². The molecule has 0 amide bonds. The van der Waals surface area contributed by atoms with E-state index >= 15 is 0 Å². The summed E-state index contributed by atoms with van der Waals surface area (Å²) in [6.45, 7) is 0. The summed E-state index contributed by atoms with van der Waals surface area (Å²) in [5.41, 5.74) is 6.32. The third kappa shape index (κ3) is 4.83. The molecule has 1 aromatic heterocycles. The number of halogens is 2. The smallest absolute Gasteiger partial charge is 0.337 e. The van der Waals surface area contributed by atoms with Gasteiger partial charge in [-0.15, -0.1) is 0 Å². The number of hydrogen-bond acceptors (Lipinski definition) is 9. The third-order valence-corrected chi connectivity index (χ3v) is 4.10. The zero-order valence-electron chi connectivity index (χ0n) is 16.4. The van der Waals surface area contributed by atoms with E-state index in [9.17, 15) is 18.4 Å². The van der Waals surface area contributed by atoms with Gasteiger partial charge in [-0.3, -0.25) is 0 Å². The molecule has 0 saturated carbocycles. The van der Waals surface area contributed by atoms with Crippen molar-refractivity contribution in [2.24, 2.45) is 0 Å². The molecule has 0 aliphatic heterocycles. The van der Waals surface area contributed by atoms with Crippen molar-refractivity contribution in [3.8, 4) is 0 Å². The first-order valence-electron chi connectivity index (χ1n) is 8.73. The number of carbonyl (C=O) groups excluding carboxylic acids is 2. The number of nitrogens with one attached hydrogen (secondary N) is 2. The van der Waals surface area contributed by atoms with Crippen molar-refractivity contribution in [1.82, 2.24) is 9.97 Å². The molecule has 3 rings (SSSR count). The first kappa shape index (κ1) is 21.4. The van der Waals surface area contributed by atoms with Gasteiger partial charge in [0.1, 0.15) is 23.6 Å². The van der Waals surface area contributed by atoms with Crippen LogP contribution in [-0.4, -0.2) is 36.1 Å². The Morgan fingerprint density at radius 3 is 2.06 bits per heavy atom. The Kier molecular flexibility index (Phi) is 6.24. The van der Waals surface area contributed by atoms with Crippen LogP contribution < -0.4 is 16.4 Å². The number of rotatable bonds is 6. The minimum absolute atomic E-state index is 0.0133. The van der Waals surface area contributed by atoms with E-state index in [1.54, 1.807) is 0 Å². The molecule has 9 nitrogen and oxygen atoms in total. The molecule has 0 atom stereocenters. The van der Waals surface area contributed by atoms with Gasteiger partial charge in [0, 0.05) is 11.8 Å². The highest BCUT2D eigenvalue weighted by molar-refractivity contribution is 5.97. The van der Waals surface area contributed by atoms with Crippen molar-refractivity contribution in [2.75, 3.05) is 30.6 Å². The fourth-order valence-electron chi connectivity index (χ4n) is 2.62. The van der Waals surface area contributed by atoms with Crippen LogP contribution in [0.25, 0.3) is 0 Å². The van der Waals surface area contributed by atoms with Crippen molar-refractivity contribution in [3.05, 3.63) is 65.5 Å². The summed E-state index contributed by atoms with van der Waals surface area (Å²) in [5, 5.41) is 5.47. The molecule has 1 heterocycles. The molecular formula is C20H17F2N5O4. The van der Waals surface area contributed by atoms with Gasteiger partial charge in [0.25, 0.3) is 0 Å². The maximum atomic E-state index is 13.9. The number of anilines is 5. The maximum absolute atomic E-state index is 13.9. The van der Waals surface area contributed by atoms with Gasteiger partial charge in [-0.2, -0.15) is 0 Å². The first-order valence-corrected chi connectivity index (χ1v) is 8.73. The Morgan fingerprint density at radius 2 is 1.48 bits per heavy atom. The van der Waals surface area contributed by atoms with Crippen LogP contribution in [0.5, 0.6) is 0 Å². The van der Waals surface area contributed by atoms with E-state index in [0.29, 0.717) is 0 Å². The van der Waals surface area contributed by atoms with Gasteiger partial charge < -0.3 is 25.8 Å². The molecule has 0 aliphatic rings. The molecule has 11 heteroatoms. The van der Waals surface area contributed by atoms with E-state index in [2.05, 4.69) is 20.6 Å². The lowest BCUT2D eigenvalue weighted by molar-refractivity contribution is 0.0599. The molecule has 0 radical (unpaired) electrons. The molecule has 0 spiro atoms. The van der Waals surface area contributed by atoms with Crippen molar-refractivity contribution in [3.63, 3.8) is 0 Å². The predicted octanol–water partition coefficient (Wildman–Crippen LogP) is 3.40. The lowest BCUT2D eigenvalue weighted by Gasteiger charge is -2.14. The van der Waals surface area contributed by atoms with Gasteiger partial charge in [0.05, 0.1) is 31.0 Å². The summed E-state index contributed by atoms with van der Waals surface area (Å²) < 4.78 is 36.7. The van der Waals surface area contributed by atoms with Crippen LogP contribution in [-0.2, 0) is 9.47 Å². The van der Waals surface area contributed by atoms with Crippen LogP contribution in [0.1, 0.15) is 20.7 Å². The number of benzene rings is 2. The van der Waals surface area contributed by atoms with Gasteiger partial charge in [-0.05, 0) is 30.3 Å². The number of nitrogen functional groups attached to an aromatic ring is 1. The maximum Gasteiger partial charge on any atom is 0.337 e. The van der Waals surface area contributed by atoms with E-state index in [0.717, 1.165) is 24.5 Å². The van der Waals surface area contributed by atoms with E-state index in [1.807, 2.05) is 0 Å². The largest absolute Gasteiger partial charge is 0.465 e. The second-order valence-corrected chi connectivity index (χ2v) is 6.14. The summed E-state index contributed by atoms with van der Waals surface area (Å²) in [6, 6.07) is 7.03. The van der Waals surface area contributed by atoms with Gasteiger partial charge >= 0.3 is 11.9 Å². The molecule has 0 unspecified atom stereocenters. The van der Waals surface area contributed by atoms with Crippen LogP contribution >= 0.6 is 0 Å². The molecule has 31 heavy (non-hydrogen) atoms. The van der Waals surface area contributed by atoms with Crippen molar-refractivity contribution in [2.45, 2.75) is 0 Å². The Labute approximate surface area is 175 Å². The third-order valence-electron chi connectivity index (χ3n) is 4.10. The molecule has 3 aromatic rings. The molecular weight excluding hydrogens is 412 g/mol. The summed E-state index contributed by atoms with van der Waals surface area (Å²) in [7, 11) is 2.40. The van der Waals surface area contributed by atoms with E-state index in [4.69, 9.17) is 15.2 Å². The minimum atomic E-state index is -0.706. The van der Waals surface area contributed by atoms with Crippen molar-refractivity contribution in [1.29, 1.82) is 0 Å². The lowest BCUT2D eigenvalue weighted by atomic mass is 10.1. The number of hydrogen-bond donors (Lipinski definition) is 3. The van der Waals surface area contributed by atoms with Gasteiger partial charge in [0.2, 0.25) is 0 Å². The first-order chi connectivity index (χ1) is 14.8. The van der Waals surface area contributed by atoms with E-state index in [1.165, 1.54) is 32.4 Å². The molecule has 160 valence electrons. The molecule has 0 bridgehead atoms. The summed E-state index contributed by atoms with van der Waals surface area (Å²) in [6.07, 6.45) is 1.14. The minimum Gasteiger partial charge on any atom is -0.465 e. The monoisotopic (exact) mass is 429 g/mol. The molecule has 0 saturated heterocycles. The zero-order valence-corrected chi connectivity index (χ0v) is 16.4. The van der Waals surface area contributed by atoms with Gasteiger partial charge in [-0.1, -0.05) is 0 Å². The highest BCUT2D eigenvalue weighted by Gasteiger charge is 2.16. The summed E-state index contributed by atoms with van der Waals surface area (Å²) in [4.78, 5) is 31.8. The Bertz CT molecular complexity index is 1120. The Morgan fingerprint density at radius 1 is 0.903 bits per heavy atom. The predicted molar refractivity (Wildman–Crippen MR) is 108 cm³/mol. The normalized spacial score (nSPS) is 10.3. The quantitative estimate of drug-likeness (QED) is 0.505. The summed E-state index contributed by atoms with van der Waals surface area (Å²) in [5.74, 6) is -2.60. The van der Waals surface area contributed by atoms with Crippen LogP contribution in [0, 0.1) is 11.6 Å². The average Bonchev–Trinajstić information content (AvgIpc) is 2.77. The summed E-state index contributed by atoms with van der Waals surface area (Å²) >= 11 is 0. The molecule has 4 N–H and O–H groups in total. The van der Waals surface area contributed by atoms with Gasteiger partial charge in [0.15, 0.2) is 11.6 Å². The number of esters is 2. The number of nitrogens with two attached hydrogens (primary N) is 1. The fourth-order valence-corrected chi connectivity index (χ4v) is 2.62. The molecule has 0 fully saturated rings. The SMILES string of the molecule is COC(=O)c1cc(Nc2ncnc(Nc3cc(F)ccc3F)c2N)cc(C(=O)OC)c1.